The summed E-state index contributed by atoms with van der Waals surface area (Å²) in [4.78, 5) is 6.60. The molecule has 1 aliphatic heterocycles. The average molecular weight is 317 g/mol. The molecule has 1 atom stereocenters. The minimum absolute atomic E-state index is 0.711. The predicted molar refractivity (Wildman–Crippen MR) is 78.6 cm³/mol. The van der Waals surface area contributed by atoms with E-state index in [0.29, 0.717) is 6.04 Å². The molecule has 1 aromatic heterocycles. The van der Waals surface area contributed by atoms with Crippen molar-refractivity contribution in [2.24, 2.45) is 0 Å². The maximum Gasteiger partial charge on any atom is 0.0331 e. The van der Waals surface area contributed by atoms with E-state index in [4.69, 9.17) is 0 Å². The van der Waals surface area contributed by atoms with Crippen LogP contribution in [0.15, 0.2) is 15.9 Å². The number of nitrogens with zero attached hydrogens (tertiary/aromatic N) is 2. The molecule has 0 aliphatic carbocycles. The molecule has 2 rings (SSSR count). The molecule has 1 aromatic rings. The molecular weight excluding hydrogens is 296 g/mol. The molecule has 0 saturated carbocycles. The molecule has 0 bridgehead atoms. The first-order chi connectivity index (χ1) is 8.19. The van der Waals surface area contributed by atoms with Crippen molar-refractivity contribution in [3.8, 4) is 0 Å². The Morgan fingerprint density at radius 3 is 2.94 bits per heavy atom. The maximum absolute atomic E-state index is 3.54. The van der Waals surface area contributed by atoms with E-state index in [1.165, 1.54) is 41.8 Å². The zero-order chi connectivity index (χ0) is 12.3. The SMILES string of the molecule is CCC1CN(C)CCCN1Cc1cc(Br)cs1. The third-order valence-electron chi connectivity index (χ3n) is 3.48. The van der Waals surface area contributed by atoms with Crippen molar-refractivity contribution in [2.75, 3.05) is 26.7 Å². The first-order valence-electron chi connectivity index (χ1n) is 6.34. The standard InChI is InChI=1S/C13H21BrN2S/c1-3-12-8-15(2)5-4-6-16(12)9-13-7-11(14)10-17-13/h7,10,12H,3-6,8-9H2,1-2H3. The van der Waals surface area contributed by atoms with Crippen LogP contribution in [0.2, 0.25) is 0 Å². The molecule has 1 saturated heterocycles. The van der Waals surface area contributed by atoms with Crippen molar-refractivity contribution >= 4 is 27.3 Å². The average Bonchev–Trinajstić information content (AvgIpc) is 2.61. The fraction of sp³-hybridized carbons (Fsp3) is 0.692. The summed E-state index contributed by atoms with van der Waals surface area (Å²) in [6.07, 6.45) is 2.54. The van der Waals surface area contributed by atoms with Crippen LogP contribution in [0.25, 0.3) is 0 Å². The van der Waals surface area contributed by atoms with Gasteiger partial charge in [0.25, 0.3) is 0 Å². The van der Waals surface area contributed by atoms with Crippen LogP contribution in [0.1, 0.15) is 24.6 Å². The van der Waals surface area contributed by atoms with Gasteiger partial charge in [-0.1, -0.05) is 6.92 Å². The molecule has 0 spiro atoms. The summed E-state index contributed by atoms with van der Waals surface area (Å²) in [7, 11) is 2.24. The summed E-state index contributed by atoms with van der Waals surface area (Å²) in [6.45, 7) is 7.10. The maximum atomic E-state index is 3.54. The van der Waals surface area contributed by atoms with Crippen molar-refractivity contribution in [3.63, 3.8) is 0 Å². The largest absolute Gasteiger partial charge is 0.305 e. The number of halogens is 1. The summed E-state index contributed by atoms with van der Waals surface area (Å²) < 4.78 is 1.22. The summed E-state index contributed by atoms with van der Waals surface area (Å²) >= 11 is 5.40. The monoisotopic (exact) mass is 316 g/mol. The number of thiophene rings is 1. The number of rotatable bonds is 3. The summed E-state index contributed by atoms with van der Waals surface area (Å²) in [6, 6.07) is 2.97. The normalized spacial score (nSPS) is 23.8. The van der Waals surface area contributed by atoms with Gasteiger partial charge >= 0.3 is 0 Å². The smallest absolute Gasteiger partial charge is 0.0331 e. The Bertz CT molecular complexity index is 353. The molecule has 1 unspecified atom stereocenters. The zero-order valence-corrected chi connectivity index (χ0v) is 13.1. The van der Waals surface area contributed by atoms with E-state index in [9.17, 15) is 0 Å². The van der Waals surface area contributed by atoms with E-state index in [1.54, 1.807) is 0 Å². The van der Waals surface area contributed by atoms with Crippen molar-refractivity contribution in [1.29, 1.82) is 0 Å². The van der Waals surface area contributed by atoms with Crippen LogP contribution in [0, 0.1) is 0 Å². The molecule has 96 valence electrons. The molecule has 0 aromatic carbocycles. The third-order valence-corrected chi connectivity index (χ3v) is 5.16. The van der Waals surface area contributed by atoms with Crippen molar-refractivity contribution in [3.05, 3.63) is 20.8 Å². The highest BCUT2D eigenvalue weighted by Crippen LogP contribution is 2.23. The summed E-state index contributed by atoms with van der Waals surface area (Å²) in [5.74, 6) is 0. The lowest BCUT2D eigenvalue weighted by atomic mass is 10.2. The lowest BCUT2D eigenvalue weighted by Gasteiger charge is -2.29. The van der Waals surface area contributed by atoms with Crippen LogP contribution in [0.5, 0.6) is 0 Å². The molecule has 0 N–H and O–H groups in total. The minimum atomic E-state index is 0.711. The van der Waals surface area contributed by atoms with E-state index < -0.39 is 0 Å². The molecule has 4 heteroatoms. The van der Waals surface area contributed by atoms with E-state index in [-0.39, 0.29) is 0 Å². The highest BCUT2D eigenvalue weighted by atomic mass is 79.9. The Morgan fingerprint density at radius 2 is 2.29 bits per heavy atom. The first-order valence-corrected chi connectivity index (χ1v) is 8.01. The van der Waals surface area contributed by atoms with Crippen LogP contribution in [0.3, 0.4) is 0 Å². The fourth-order valence-electron chi connectivity index (χ4n) is 2.53. The minimum Gasteiger partial charge on any atom is -0.305 e. The highest BCUT2D eigenvalue weighted by Gasteiger charge is 2.22. The van der Waals surface area contributed by atoms with Crippen LogP contribution >= 0.6 is 27.3 Å². The van der Waals surface area contributed by atoms with Gasteiger partial charge in [0, 0.05) is 40.4 Å². The quantitative estimate of drug-likeness (QED) is 0.843. The number of hydrogen-bond donors (Lipinski definition) is 0. The van der Waals surface area contributed by atoms with E-state index >= 15 is 0 Å². The Balaban J connectivity index is 2.01. The van der Waals surface area contributed by atoms with E-state index in [2.05, 4.69) is 51.1 Å². The fourth-order valence-corrected chi connectivity index (χ4v) is 4.00. The summed E-state index contributed by atoms with van der Waals surface area (Å²) in [5, 5.41) is 2.18. The van der Waals surface area contributed by atoms with E-state index in [0.717, 1.165) is 6.54 Å². The van der Waals surface area contributed by atoms with E-state index in [1.807, 2.05) is 11.3 Å². The zero-order valence-electron chi connectivity index (χ0n) is 10.7. The van der Waals surface area contributed by atoms with Crippen LogP contribution in [0.4, 0.5) is 0 Å². The van der Waals surface area contributed by atoms with Gasteiger partial charge in [0.15, 0.2) is 0 Å². The molecule has 17 heavy (non-hydrogen) atoms. The Labute approximate surface area is 117 Å². The topological polar surface area (TPSA) is 6.48 Å². The molecule has 1 fully saturated rings. The first kappa shape index (κ1) is 13.5. The lowest BCUT2D eigenvalue weighted by Crippen LogP contribution is -2.39. The Hall–Kier alpha value is 0.1000. The van der Waals surface area contributed by atoms with Crippen molar-refractivity contribution in [1.82, 2.24) is 9.80 Å². The Kier molecular flexibility index (Phi) is 5.03. The summed E-state index contributed by atoms with van der Waals surface area (Å²) in [5.41, 5.74) is 0. The van der Waals surface area contributed by atoms with Crippen molar-refractivity contribution in [2.45, 2.75) is 32.4 Å². The third kappa shape index (κ3) is 3.78. The second kappa shape index (κ2) is 6.32. The molecule has 0 amide bonds. The van der Waals surface area contributed by atoms with Gasteiger partial charge in [-0.3, -0.25) is 4.90 Å². The molecule has 2 nitrogen and oxygen atoms in total. The second-order valence-corrected chi connectivity index (χ2v) is 6.79. The van der Waals surface area contributed by atoms with Crippen molar-refractivity contribution < 1.29 is 0 Å². The molecular formula is C13H21BrN2S. The van der Waals surface area contributed by atoms with Crippen LogP contribution in [-0.2, 0) is 6.54 Å². The van der Waals surface area contributed by atoms with Gasteiger partial charge in [-0.15, -0.1) is 11.3 Å². The Morgan fingerprint density at radius 1 is 1.47 bits per heavy atom. The van der Waals surface area contributed by atoms with Gasteiger partial charge < -0.3 is 4.90 Å². The van der Waals surface area contributed by atoms with Gasteiger partial charge in [-0.05, 0) is 48.4 Å². The predicted octanol–water partition coefficient (Wildman–Crippen LogP) is 3.43. The van der Waals surface area contributed by atoms with Gasteiger partial charge in [-0.25, -0.2) is 0 Å². The number of hydrogen-bond acceptors (Lipinski definition) is 3. The van der Waals surface area contributed by atoms with Gasteiger partial charge in [-0.2, -0.15) is 0 Å². The molecule has 2 heterocycles. The van der Waals surface area contributed by atoms with Gasteiger partial charge in [0.05, 0.1) is 0 Å². The van der Waals surface area contributed by atoms with Crippen LogP contribution < -0.4 is 0 Å². The van der Waals surface area contributed by atoms with Crippen LogP contribution in [-0.4, -0.2) is 42.5 Å². The second-order valence-electron chi connectivity index (χ2n) is 4.88. The van der Waals surface area contributed by atoms with Gasteiger partial charge in [0.2, 0.25) is 0 Å². The number of likely N-dealkylation sites (N-methyl/N-ethyl adjacent to an activating group) is 1. The molecule has 1 aliphatic rings. The highest BCUT2D eigenvalue weighted by molar-refractivity contribution is 9.10. The lowest BCUT2D eigenvalue weighted by molar-refractivity contribution is 0.177. The molecule has 0 radical (unpaired) electrons. The van der Waals surface area contributed by atoms with Gasteiger partial charge in [0.1, 0.15) is 0 Å².